The maximum absolute atomic E-state index is 12.2. The van der Waals surface area contributed by atoms with Gasteiger partial charge >= 0.3 is 0 Å². The number of rotatable bonds is 5. The lowest BCUT2D eigenvalue weighted by molar-refractivity contribution is -0.121. The Morgan fingerprint density at radius 2 is 2.04 bits per heavy atom. The van der Waals surface area contributed by atoms with Crippen LogP contribution in [0.25, 0.3) is 16.6 Å². The lowest BCUT2D eigenvalue weighted by Crippen LogP contribution is -2.24. The molecule has 0 atom stereocenters. The SMILES string of the molecule is O=C(CCn1ccc2ccc(Br)cc21)NCc1nnc2ccccn12. The van der Waals surface area contributed by atoms with Gasteiger partial charge in [0.05, 0.1) is 6.54 Å². The van der Waals surface area contributed by atoms with Crippen molar-refractivity contribution in [2.75, 3.05) is 0 Å². The zero-order valence-corrected chi connectivity index (χ0v) is 15.0. The second kappa shape index (κ2) is 6.68. The highest BCUT2D eigenvalue weighted by atomic mass is 79.9. The quantitative estimate of drug-likeness (QED) is 0.562. The van der Waals surface area contributed by atoms with Gasteiger partial charge in [0.1, 0.15) is 0 Å². The van der Waals surface area contributed by atoms with Crippen LogP contribution in [0.5, 0.6) is 0 Å². The first-order valence-electron chi connectivity index (χ1n) is 8.00. The van der Waals surface area contributed by atoms with Crippen molar-refractivity contribution in [3.8, 4) is 0 Å². The molecular formula is C18H16BrN5O. The Morgan fingerprint density at radius 3 is 2.96 bits per heavy atom. The van der Waals surface area contributed by atoms with Crippen molar-refractivity contribution in [2.45, 2.75) is 19.5 Å². The van der Waals surface area contributed by atoms with Crippen LogP contribution in [0.3, 0.4) is 0 Å². The molecule has 0 bridgehead atoms. The van der Waals surface area contributed by atoms with Gasteiger partial charge in [-0.15, -0.1) is 10.2 Å². The number of fused-ring (bicyclic) bond motifs is 2. The summed E-state index contributed by atoms with van der Waals surface area (Å²) >= 11 is 3.49. The second-order valence-electron chi connectivity index (χ2n) is 5.78. The number of halogens is 1. The molecule has 4 rings (SSSR count). The van der Waals surface area contributed by atoms with Crippen molar-refractivity contribution in [3.05, 3.63) is 65.2 Å². The Morgan fingerprint density at radius 1 is 1.12 bits per heavy atom. The van der Waals surface area contributed by atoms with Crippen LogP contribution in [0.1, 0.15) is 12.2 Å². The molecule has 0 fully saturated rings. The number of nitrogens with zero attached hydrogens (tertiary/aromatic N) is 4. The maximum atomic E-state index is 12.2. The number of pyridine rings is 1. The molecule has 0 aliphatic heterocycles. The Balaban J connectivity index is 1.38. The number of nitrogens with one attached hydrogen (secondary N) is 1. The highest BCUT2D eigenvalue weighted by molar-refractivity contribution is 9.10. The number of carbonyl (C=O) groups excluding carboxylic acids is 1. The minimum absolute atomic E-state index is 0.00970. The van der Waals surface area contributed by atoms with Gasteiger partial charge in [-0.1, -0.05) is 28.1 Å². The van der Waals surface area contributed by atoms with Crippen LogP contribution >= 0.6 is 15.9 Å². The largest absolute Gasteiger partial charge is 0.349 e. The molecule has 0 radical (unpaired) electrons. The molecule has 25 heavy (non-hydrogen) atoms. The fourth-order valence-electron chi connectivity index (χ4n) is 2.85. The van der Waals surface area contributed by atoms with E-state index in [2.05, 4.69) is 54.2 Å². The molecule has 3 heterocycles. The first-order chi connectivity index (χ1) is 12.2. The van der Waals surface area contributed by atoms with Crippen LogP contribution in [0.2, 0.25) is 0 Å². The summed E-state index contributed by atoms with van der Waals surface area (Å²) in [6.45, 7) is 0.994. The molecule has 0 saturated carbocycles. The fourth-order valence-corrected chi connectivity index (χ4v) is 3.20. The summed E-state index contributed by atoms with van der Waals surface area (Å²) in [5.41, 5.74) is 1.89. The highest BCUT2D eigenvalue weighted by Gasteiger charge is 2.08. The van der Waals surface area contributed by atoms with E-state index in [1.165, 1.54) is 5.39 Å². The van der Waals surface area contributed by atoms with E-state index in [1.807, 2.05) is 41.1 Å². The van der Waals surface area contributed by atoms with E-state index >= 15 is 0 Å². The molecule has 126 valence electrons. The number of aryl methyl sites for hydroxylation is 1. The molecule has 0 saturated heterocycles. The van der Waals surface area contributed by atoms with Gasteiger partial charge in [-0.05, 0) is 35.7 Å². The minimum Gasteiger partial charge on any atom is -0.349 e. The standard InChI is InChI=1S/C18H16BrN5O/c19-14-5-4-13-6-9-23(15(13)11-14)10-7-18(25)20-12-17-22-21-16-3-1-2-8-24(16)17/h1-6,8-9,11H,7,10,12H2,(H,20,25). The summed E-state index contributed by atoms with van der Waals surface area (Å²) < 4.78 is 4.99. The molecule has 0 aliphatic carbocycles. The third-order valence-corrected chi connectivity index (χ3v) is 4.64. The van der Waals surface area contributed by atoms with Crippen molar-refractivity contribution in [2.24, 2.45) is 0 Å². The average Bonchev–Trinajstić information content (AvgIpc) is 3.22. The number of carbonyl (C=O) groups is 1. The molecule has 1 aromatic carbocycles. The summed E-state index contributed by atoms with van der Waals surface area (Å²) in [7, 11) is 0. The smallest absolute Gasteiger partial charge is 0.222 e. The number of hydrogen-bond donors (Lipinski definition) is 1. The van der Waals surface area contributed by atoms with E-state index in [-0.39, 0.29) is 5.91 Å². The van der Waals surface area contributed by atoms with Gasteiger partial charge in [-0.25, -0.2) is 0 Å². The summed E-state index contributed by atoms with van der Waals surface area (Å²) in [5, 5.41) is 12.3. The molecule has 1 amide bonds. The molecule has 1 N–H and O–H groups in total. The molecule has 6 nitrogen and oxygen atoms in total. The van der Waals surface area contributed by atoms with Crippen molar-refractivity contribution in [1.82, 2.24) is 24.5 Å². The second-order valence-corrected chi connectivity index (χ2v) is 6.70. The number of aromatic nitrogens is 4. The van der Waals surface area contributed by atoms with Crippen molar-refractivity contribution < 1.29 is 4.79 Å². The van der Waals surface area contributed by atoms with Crippen LogP contribution in [0.4, 0.5) is 0 Å². The lowest BCUT2D eigenvalue weighted by Gasteiger charge is -2.07. The Kier molecular flexibility index (Phi) is 4.23. The summed E-state index contributed by atoms with van der Waals surface area (Å²) in [4.78, 5) is 12.2. The summed E-state index contributed by atoms with van der Waals surface area (Å²) in [6, 6.07) is 13.9. The maximum Gasteiger partial charge on any atom is 0.222 e. The van der Waals surface area contributed by atoms with Gasteiger partial charge in [0.2, 0.25) is 5.91 Å². The van der Waals surface area contributed by atoms with E-state index in [0.29, 0.717) is 19.5 Å². The van der Waals surface area contributed by atoms with Crippen molar-refractivity contribution in [3.63, 3.8) is 0 Å². The molecule has 0 spiro atoms. The minimum atomic E-state index is -0.00970. The number of hydrogen-bond acceptors (Lipinski definition) is 3. The summed E-state index contributed by atoms with van der Waals surface area (Å²) in [5.74, 6) is 0.712. The van der Waals surface area contributed by atoms with E-state index < -0.39 is 0 Å². The lowest BCUT2D eigenvalue weighted by atomic mass is 10.2. The van der Waals surface area contributed by atoms with Gasteiger partial charge in [0.25, 0.3) is 0 Å². The predicted molar refractivity (Wildman–Crippen MR) is 99.1 cm³/mol. The van der Waals surface area contributed by atoms with Crippen LogP contribution in [-0.4, -0.2) is 25.1 Å². The van der Waals surface area contributed by atoms with Crippen molar-refractivity contribution in [1.29, 1.82) is 0 Å². The van der Waals surface area contributed by atoms with E-state index in [0.717, 1.165) is 21.5 Å². The molecule has 0 unspecified atom stereocenters. The third-order valence-electron chi connectivity index (χ3n) is 4.14. The molecular weight excluding hydrogens is 382 g/mol. The Labute approximate surface area is 152 Å². The Bertz CT molecular complexity index is 1050. The third kappa shape index (κ3) is 3.28. The normalized spacial score (nSPS) is 11.2. The monoisotopic (exact) mass is 397 g/mol. The Hall–Kier alpha value is -2.67. The van der Waals surface area contributed by atoms with Gasteiger partial charge < -0.3 is 9.88 Å². The highest BCUT2D eigenvalue weighted by Crippen LogP contribution is 2.21. The van der Waals surface area contributed by atoms with E-state index in [9.17, 15) is 4.79 Å². The summed E-state index contributed by atoms with van der Waals surface area (Å²) in [6.07, 6.45) is 4.31. The van der Waals surface area contributed by atoms with E-state index in [1.54, 1.807) is 0 Å². The first-order valence-corrected chi connectivity index (χ1v) is 8.80. The number of benzene rings is 1. The first kappa shape index (κ1) is 15.8. The van der Waals surface area contributed by atoms with Crippen LogP contribution in [0.15, 0.2) is 59.3 Å². The van der Waals surface area contributed by atoms with Crippen molar-refractivity contribution >= 4 is 38.4 Å². The van der Waals surface area contributed by atoms with E-state index in [4.69, 9.17) is 0 Å². The number of amides is 1. The van der Waals surface area contributed by atoms with Crippen LogP contribution in [-0.2, 0) is 17.9 Å². The molecule has 4 aromatic rings. The van der Waals surface area contributed by atoms with Gasteiger partial charge in [-0.3, -0.25) is 9.20 Å². The molecule has 7 heteroatoms. The molecule has 0 aliphatic rings. The molecule has 3 aromatic heterocycles. The van der Waals surface area contributed by atoms with Crippen LogP contribution in [0, 0.1) is 0 Å². The van der Waals surface area contributed by atoms with Gasteiger partial charge in [0, 0.05) is 35.3 Å². The average molecular weight is 398 g/mol. The zero-order valence-electron chi connectivity index (χ0n) is 13.4. The van der Waals surface area contributed by atoms with Gasteiger partial charge in [0.15, 0.2) is 11.5 Å². The van der Waals surface area contributed by atoms with Gasteiger partial charge in [-0.2, -0.15) is 0 Å². The zero-order chi connectivity index (χ0) is 17.2. The predicted octanol–water partition coefficient (Wildman–Crippen LogP) is 3.15. The topological polar surface area (TPSA) is 64.2 Å². The fraction of sp³-hybridized carbons (Fsp3) is 0.167. The van der Waals surface area contributed by atoms with Crippen LogP contribution < -0.4 is 5.32 Å².